The third-order valence-corrected chi connectivity index (χ3v) is 4.39. The predicted octanol–water partition coefficient (Wildman–Crippen LogP) is 3.23. The number of nitrogens with zero attached hydrogens (tertiary/aromatic N) is 1. The molecule has 1 fully saturated rings. The van der Waals surface area contributed by atoms with Crippen LogP contribution in [0, 0.1) is 5.82 Å². The van der Waals surface area contributed by atoms with E-state index in [1.807, 2.05) is 24.3 Å². The van der Waals surface area contributed by atoms with Crippen molar-refractivity contribution in [3.8, 4) is 5.75 Å². The van der Waals surface area contributed by atoms with Gasteiger partial charge in [-0.2, -0.15) is 0 Å². The van der Waals surface area contributed by atoms with Crippen LogP contribution in [0.3, 0.4) is 0 Å². The van der Waals surface area contributed by atoms with Crippen LogP contribution in [0.15, 0.2) is 48.5 Å². The van der Waals surface area contributed by atoms with Gasteiger partial charge in [0, 0.05) is 24.8 Å². The van der Waals surface area contributed by atoms with Gasteiger partial charge >= 0.3 is 0 Å². The van der Waals surface area contributed by atoms with Crippen molar-refractivity contribution < 1.29 is 13.9 Å². The maximum atomic E-state index is 13.7. The predicted molar refractivity (Wildman–Crippen MR) is 92.1 cm³/mol. The lowest BCUT2D eigenvalue weighted by atomic mass is 10.0. The van der Waals surface area contributed by atoms with Gasteiger partial charge in [-0.15, -0.1) is 0 Å². The van der Waals surface area contributed by atoms with Gasteiger partial charge in [-0.05, 0) is 49.2 Å². The summed E-state index contributed by atoms with van der Waals surface area (Å²) in [6.45, 7) is 1.71. The molecular weight excluding hydrogens is 307 g/mol. The number of rotatable bonds is 4. The topological polar surface area (TPSA) is 41.6 Å². The lowest BCUT2D eigenvalue weighted by Gasteiger charge is -2.34. The van der Waals surface area contributed by atoms with E-state index >= 15 is 0 Å². The molecule has 4 nitrogen and oxygen atoms in total. The van der Waals surface area contributed by atoms with Crippen LogP contribution in [0.5, 0.6) is 5.75 Å². The van der Waals surface area contributed by atoms with E-state index in [-0.39, 0.29) is 17.5 Å². The van der Waals surface area contributed by atoms with E-state index in [4.69, 9.17) is 4.74 Å². The van der Waals surface area contributed by atoms with Gasteiger partial charge in [0.05, 0.1) is 12.7 Å². The Labute approximate surface area is 141 Å². The molecule has 0 bridgehead atoms. The number of amides is 1. The second-order valence-corrected chi connectivity index (χ2v) is 5.91. The van der Waals surface area contributed by atoms with Crippen LogP contribution in [0.4, 0.5) is 10.1 Å². The molecule has 2 aromatic rings. The van der Waals surface area contributed by atoms with Gasteiger partial charge < -0.3 is 15.0 Å². The zero-order chi connectivity index (χ0) is 16.9. The van der Waals surface area contributed by atoms with Crippen molar-refractivity contribution in [2.24, 2.45) is 0 Å². The molecule has 0 atom stereocenters. The van der Waals surface area contributed by atoms with Gasteiger partial charge in [0.2, 0.25) is 0 Å². The smallest absolute Gasteiger partial charge is 0.254 e. The molecule has 0 radical (unpaired) electrons. The molecule has 1 heterocycles. The number of halogens is 1. The van der Waals surface area contributed by atoms with Crippen LogP contribution < -0.4 is 15.0 Å². The minimum Gasteiger partial charge on any atom is -0.497 e. The van der Waals surface area contributed by atoms with E-state index in [0.717, 1.165) is 37.4 Å². The SMILES string of the molecule is COc1ccc(N2CCC(NC(=O)c3ccccc3F)CC2)cc1. The number of anilines is 1. The van der Waals surface area contributed by atoms with Crippen LogP contribution in [0.2, 0.25) is 0 Å². The van der Waals surface area contributed by atoms with Crippen molar-refractivity contribution in [2.75, 3.05) is 25.1 Å². The first-order valence-electron chi connectivity index (χ1n) is 8.12. The Balaban J connectivity index is 1.55. The summed E-state index contributed by atoms with van der Waals surface area (Å²) in [6, 6.07) is 14.1. The fourth-order valence-electron chi connectivity index (χ4n) is 2.98. The summed E-state index contributed by atoms with van der Waals surface area (Å²) in [5.74, 6) is 0.0208. The van der Waals surface area contributed by atoms with Crippen molar-refractivity contribution in [3.05, 3.63) is 59.9 Å². The maximum Gasteiger partial charge on any atom is 0.254 e. The van der Waals surface area contributed by atoms with Crippen LogP contribution >= 0.6 is 0 Å². The maximum absolute atomic E-state index is 13.7. The fraction of sp³-hybridized carbons (Fsp3) is 0.316. The molecular formula is C19H21FN2O2. The van der Waals surface area contributed by atoms with Gasteiger partial charge in [-0.3, -0.25) is 4.79 Å². The van der Waals surface area contributed by atoms with Gasteiger partial charge in [0.15, 0.2) is 0 Å². The Morgan fingerprint density at radius 1 is 1.12 bits per heavy atom. The lowest BCUT2D eigenvalue weighted by Crippen LogP contribution is -2.44. The van der Waals surface area contributed by atoms with Crippen molar-refractivity contribution in [1.82, 2.24) is 5.32 Å². The molecule has 1 aliphatic rings. The number of benzene rings is 2. The lowest BCUT2D eigenvalue weighted by molar-refractivity contribution is 0.0927. The number of carbonyl (C=O) groups excluding carboxylic acids is 1. The van der Waals surface area contributed by atoms with Crippen molar-refractivity contribution in [1.29, 1.82) is 0 Å². The minimum atomic E-state index is -0.481. The zero-order valence-electron chi connectivity index (χ0n) is 13.7. The van der Waals surface area contributed by atoms with Crippen molar-refractivity contribution in [3.63, 3.8) is 0 Å². The zero-order valence-corrected chi connectivity index (χ0v) is 13.7. The van der Waals surface area contributed by atoms with Gasteiger partial charge in [0.25, 0.3) is 5.91 Å². The number of hydrogen-bond donors (Lipinski definition) is 1. The van der Waals surface area contributed by atoms with E-state index in [1.165, 1.54) is 12.1 Å². The molecule has 24 heavy (non-hydrogen) atoms. The molecule has 126 valence electrons. The van der Waals surface area contributed by atoms with Gasteiger partial charge in [0.1, 0.15) is 11.6 Å². The summed E-state index contributed by atoms with van der Waals surface area (Å²) in [7, 11) is 1.65. The van der Waals surface area contributed by atoms with E-state index < -0.39 is 5.82 Å². The summed E-state index contributed by atoms with van der Waals surface area (Å²) < 4.78 is 18.8. The Hall–Kier alpha value is -2.56. The first-order valence-corrected chi connectivity index (χ1v) is 8.12. The Kier molecular flexibility index (Phi) is 4.99. The highest BCUT2D eigenvalue weighted by Gasteiger charge is 2.22. The van der Waals surface area contributed by atoms with E-state index in [1.54, 1.807) is 19.2 Å². The summed E-state index contributed by atoms with van der Waals surface area (Å²) in [6.07, 6.45) is 1.68. The van der Waals surface area contributed by atoms with Crippen LogP contribution in [-0.4, -0.2) is 32.1 Å². The normalized spacial score (nSPS) is 15.2. The molecule has 1 saturated heterocycles. The van der Waals surface area contributed by atoms with E-state index in [2.05, 4.69) is 10.2 Å². The monoisotopic (exact) mass is 328 g/mol. The number of nitrogens with one attached hydrogen (secondary N) is 1. The molecule has 2 aromatic carbocycles. The number of carbonyl (C=O) groups is 1. The molecule has 0 saturated carbocycles. The van der Waals surface area contributed by atoms with E-state index in [0.29, 0.717) is 0 Å². The third-order valence-electron chi connectivity index (χ3n) is 4.39. The minimum absolute atomic E-state index is 0.0756. The quantitative estimate of drug-likeness (QED) is 0.937. The third kappa shape index (κ3) is 3.67. The Morgan fingerprint density at radius 3 is 2.42 bits per heavy atom. The van der Waals surface area contributed by atoms with E-state index in [9.17, 15) is 9.18 Å². The summed E-state index contributed by atoms with van der Waals surface area (Å²) >= 11 is 0. The van der Waals surface area contributed by atoms with Crippen molar-refractivity contribution in [2.45, 2.75) is 18.9 Å². The molecule has 1 amide bonds. The Bertz CT molecular complexity index is 695. The molecule has 5 heteroatoms. The van der Waals surface area contributed by atoms with Crippen LogP contribution in [-0.2, 0) is 0 Å². The average molecular weight is 328 g/mol. The van der Waals surface area contributed by atoms with Crippen molar-refractivity contribution >= 4 is 11.6 Å². The number of ether oxygens (including phenoxy) is 1. The molecule has 0 unspecified atom stereocenters. The molecule has 1 aliphatic heterocycles. The van der Waals surface area contributed by atoms with Gasteiger partial charge in [-0.1, -0.05) is 12.1 Å². The second-order valence-electron chi connectivity index (χ2n) is 5.91. The Morgan fingerprint density at radius 2 is 1.79 bits per heavy atom. The highest BCUT2D eigenvalue weighted by Crippen LogP contribution is 2.23. The molecule has 3 rings (SSSR count). The first-order chi connectivity index (χ1) is 11.7. The second kappa shape index (κ2) is 7.34. The summed E-state index contributed by atoms with van der Waals surface area (Å²) in [5.41, 5.74) is 1.25. The summed E-state index contributed by atoms with van der Waals surface area (Å²) in [4.78, 5) is 14.5. The molecule has 0 aromatic heterocycles. The van der Waals surface area contributed by atoms with Crippen LogP contribution in [0.25, 0.3) is 0 Å². The molecule has 0 spiro atoms. The van der Waals surface area contributed by atoms with Crippen LogP contribution in [0.1, 0.15) is 23.2 Å². The number of methoxy groups -OCH3 is 1. The molecule has 0 aliphatic carbocycles. The molecule has 1 N–H and O–H groups in total. The number of hydrogen-bond acceptors (Lipinski definition) is 3. The number of piperidine rings is 1. The average Bonchev–Trinajstić information content (AvgIpc) is 2.63. The first kappa shape index (κ1) is 16.3. The van der Waals surface area contributed by atoms with Gasteiger partial charge in [-0.25, -0.2) is 4.39 Å². The fourth-order valence-corrected chi connectivity index (χ4v) is 2.98. The highest BCUT2D eigenvalue weighted by molar-refractivity contribution is 5.94. The largest absolute Gasteiger partial charge is 0.497 e. The standard InChI is InChI=1S/C19H21FN2O2/c1-24-16-8-6-15(7-9-16)22-12-10-14(11-13-22)21-19(23)17-4-2-3-5-18(17)20/h2-9,14H,10-13H2,1H3,(H,21,23). The highest BCUT2D eigenvalue weighted by atomic mass is 19.1. The summed E-state index contributed by atoms with van der Waals surface area (Å²) in [5, 5.41) is 2.94.